The van der Waals surface area contributed by atoms with Crippen molar-refractivity contribution in [3.63, 3.8) is 0 Å². The topological polar surface area (TPSA) is 35.5 Å². The number of ether oxygens (including phenoxy) is 2. The summed E-state index contributed by atoms with van der Waals surface area (Å²) in [6.45, 7) is 9.53. The van der Waals surface area contributed by atoms with Crippen LogP contribution in [0.1, 0.15) is 53.4 Å². The Kier molecular flexibility index (Phi) is 9.83. The zero-order valence-corrected chi connectivity index (χ0v) is 11.7. The molecule has 0 unspecified atom stereocenters. The van der Waals surface area contributed by atoms with Gasteiger partial charge in [0.25, 0.3) is 0 Å². The molecule has 0 rings (SSSR count). The minimum atomic E-state index is -0.214. The number of carbonyl (C=O) groups is 1. The molecule has 0 bridgehead atoms. The molecule has 0 heterocycles. The van der Waals surface area contributed by atoms with E-state index in [9.17, 15) is 4.79 Å². The van der Waals surface area contributed by atoms with Gasteiger partial charge in [0.2, 0.25) is 0 Å². The number of esters is 1. The number of hydrogen-bond donors (Lipinski definition) is 0. The first-order valence-corrected chi connectivity index (χ1v) is 6.60. The van der Waals surface area contributed by atoms with E-state index >= 15 is 0 Å². The van der Waals surface area contributed by atoms with Gasteiger partial charge in [-0.25, -0.2) is 4.79 Å². The van der Waals surface area contributed by atoms with Gasteiger partial charge in [-0.15, -0.1) is 0 Å². The van der Waals surface area contributed by atoms with Crippen molar-refractivity contribution in [3.05, 3.63) is 11.1 Å². The molecular weight excluding hydrogens is 216 g/mol. The monoisotopic (exact) mass is 242 g/mol. The smallest absolute Gasteiger partial charge is 0.336 e. The standard InChI is InChI=1S/C14H26O3/c1-5-8-9-12(4)13(11-16-7-3)14(15)17-10-6-2/h5-11H2,1-4H3. The van der Waals surface area contributed by atoms with Gasteiger partial charge in [-0.3, -0.25) is 0 Å². The molecule has 0 aromatic carbocycles. The van der Waals surface area contributed by atoms with E-state index in [2.05, 4.69) is 6.92 Å². The summed E-state index contributed by atoms with van der Waals surface area (Å²) in [6.07, 6.45) is 4.02. The van der Waals surface area contributed by atoms with Crippen LogP contribution < -0.4 is 0 Å². The molecule has 3 nitrogen and oxygen atoms in total. The number of unbranched alkanes of at least 4 members (excludes halogenated alkanes) is 1. The molecule has 0 fully saturated rings. The molecule has 17 heavy (non-hydrogen) atoms. The lowest BCUT2D eigenvalue weighted by atomic mass is 10.0. The summed E-state index contributed by atoms with van der Waals surface area (Å²) >= 11 is 0. The van der Waals surface area contributed by atoms with Crippen molar-refractivity contribution in [2.24, 2.45) is 0 Å². The van der Waals surface area contributed by atoms with E-state index in [4.69, 9.17) is 9.47 Å². The van der Waals surface area contributed by atoms with Crippen LogP contribution in [0, 0.1) is 0 Å². The fourth-order valence-electron chi connectivity index (χ4n) is 1.44. The first-order chi connectivity index (χ1) is 8.17. The highest BCUT2D eigenvalue weighted by Crippen LogP contribution is 2.14. The van der Waals surface area contributed by atoms with E-state index in [1.54, 1.807) is 0 Å². The highest BCUT2D eigenvalue weighted by Gasteiger charge is 2.14. The zero-order chi connectivity index (χ0) is 13.1. The van der Waals surface area contributed by atoms with Crippen molar-refractivity contribution in [1.29, 1.82) is 0 Å². The highest BCUT2D eigenvalue weighted by atomic mass is 16.5. The Morgan fingerprint density at radius 3 is 2.35 bits per heavy atom. The van der Waals surface area contributed by atoms with Gasteiger partial charge in [-0.05, 0) is 33.1 Å². The average molecular weight is 242 g/mol. The van der Waals surface area contributed by atoms with E-state index in [0.29, 0.717) is 25.4 Å². The van der Waals surface area contributed by atoms with Crippen LogP contribution in [0.25, 0.3) is 0 Å². The second-order valence-electron chi connectivity index (χ2n) is 4.14. The van der Waals surface area contributed by atoms with E-state index in [1.165, 1.54) is 0 Å². The van der Waals surface area contributed by atoms with E-state index in [1.807, 2.05) is 20.8 Å². The summed E-state index contributed by atoms with van der Waals surface area (Å²) in [6, 6.07) is 0. The van der Waals surface area contributed by atoms with Gasteiger partial charge >= 0.3 is 5.97 Å². The van der Waals surface area contributed by atoms with Crippen LogP contribution in [0.15, 0.2) is 11.1 Å². The van der Waals surface area contributed by atoms with Crippen LogP contribution in [0.2, 0.25) is 0 Å². The minimum absolute atomic E-state index is 0.214. The van der Waals surface area contributed by atoms with Gasteiger partial charge in [0.05, 0.1) is 18.8 Å². The maximum absolute atomic E-state index is 11.9. The molecule has 0 aromatic heterocycles. The fourth-order valence-corrected chi connectivity index (χ4v) is 1.44. The summed E-state index contributed by atoms with van der Waals surface area (Å²) < 4.78 is 10.5. The summed E-state index contributed by atoms with van der Waals surface area (Å²) in [5, 5.41) is 0. The number of allylic oxidation sites excluding steroid dienone is 1. The molecule has 0 saturated heterocycles. The summed E-state index contributed by atoms with van der Waals surface area (Å²) in [7, 11) is 0. The Morgan fingerprint density at radius 2 is 1.82 bits per heavy atom. The van der Waals surface area contributed by atoms with Crippen molar-refractivity contribution < 1.29 is 14.3 Å². The second kappa shape index (κ2) is 10.3. The molecule has 0 N–H and O–H groups in total. The van der Waals surface area contributed by atoms with Crippen LogP contribution in [0.5, 0.6) is 0 Å². The SMILES string of the molecule is CCCCC(C)=C(COCC)C(=O)OCCC. The molecule has 0 aliphatic rings. The Morgan fingerprint density at radius 1 is 1.12 bits per heavy atom. The Labute approximate surface area is 105 Å². The van der Waals surface area contributed by atoms with Gasteiger partial charge in [-0.1, -0.05) is 25.8 Å². The van der Waals surface area contributed by atoms with Crippen molar-refractivity contribution in [1.82, 2.24) is 0 Å². The number of carbonyl (C=O) groups excluding carboxylic acids is 1. The Balaban J connectivity index is 4.53. The van der Waals surface area contributed by atoms with Crippen LogP contribution in [0.3, 0.4) is 0 Å². The van der Waals surface area contributed by atoms with Crippen LogP contribution in [-0.4, -0.2) is 25.8 Å². The maximum Gasteiger partial charge on any atom is 0.336 e. The van der Waals surface area contributed by atoms with Crippen molar-refractivity contribution >= 4 is 5.97 Å². The van der Waals surface area contributed by atoms with Gasteiger partial charge < -0.3 is 9.47 Å². The molecule has 0 atom stereocenters. The lowest BCUT2D eigenvalue weighted by Crippen LogP contribution is -2.15. The van der Waals surface area contributed by atoms with Gasteiger partial charge in [0.15, 0.2) is 0 Å². The van der Waals surface area contributed by atoms with Gasteiger partial charge in [0, 0.05) is 6.61 Å². The van der Waals surface area contributed by atoms with E-state index in [-0.39, 0.29) is 5.97 Å². The quantitative estimate of drug-likeness (QED) is 0.458. The Hall–Kier alpha value is -0.830. The third-order valence-electron chi connectivity index (χ3n) is 2.55. The molecule has 0 spiro atoms. The van der Waals surface area contributed by atoms with Crippen molar-refractivity contribution in [2.45, 2.75) is 53.4 Å². The fraction of sp³-hybridized carbons (Fsp3) is 0.786. The van der Waals surface area contributed by atoms with E-state index < -0.39 is 0 Å². The molecule has 3 heteroatoms. The molecule has 0 aromatic rings. The third kappa shape index (κ3) is 7.16. The van der Waals surface area contributed by atoms with Gasteiger partial charge in [0.1, 0.15) is 0 Å². The maximum atomic E-state index is 11.9. The van der Waals surface area contributed by atoms with Crippen LogP contribution >= 0.6 is 0 Å². The predicted octanol–water partition coefficient (Wildman–Crippen LogP) is 3.48. The molecule has 0 amide bonds. The molecule has 0 saturated carbocycles. The minimum Gasteiger partial charge on any atom is -0.462 e. The molecule has 0 radical (unpaired) electrons. The number of hydrogen-bond acceptors (Lipinski definition) is 3. The highest BCUT2D eigenvalue weighted by molar-refractivity contribution is 5.89. The largest absolute Gasteiger partial charge is 0.462 e. The lowest BCUT2D eigenvalue weighted by molar-refractivity contribution is -0.139. The Bertz CT molecular complexity index is 244. The summed E-state index contributed by atoms with van der Waals surface area (Å²) in [4.78, 5) is 11.9. The third-order valence-corrected chi connectivity index (χ3v) is 2.55. The van der Waals surface area contributed by atoms with Crippen LogP contribution in [0.4, 0.5) is 0 Å². The number of rotatable bonds is 9. The normalized spacial score (nSPS) is 12.2. The summed E-state index contributed by atoms with van der Waals surface area (Å²) in [5.41, 5.74) is 1.80. The first kappa shape index (κ1) is 16.2. The van der Waals surface area contributed by atoms with Crippen molar-refractivity contribution in [2.75, 3.05) is 19.8 Å². The van der Waals surface area contributed by atoms with Crippen molar-refractivity contribution in [3.8, 4) is 0 Å². The average Bonchev–Trinajstić information content (AvgIpc) is 2.34. The second-order valence-corrected chi connectivity index (χ2v) is 4.14. The lowest BCUT2D eigenvalue weighted by Gasteiger charge is -2.11. The van der Waals surface area contributed by atoms with Crippen LogP contribution in [-0.2, 0) is 14.3 Å². The first-order valence-electron chi connectivity index (χ1n) is 6.60. The molecule has 0 aliphatic carbocycles. The zero-order valence-electron chi connectivity index (χ0n) is 11.7. The molecule has 0 aliphatic heterocycles. The molecule has 100 valence electrons. The molecular formula is C14H26O3. The summed E-state index contributed by atoms with van der Waals surface area (Å²) in [5.74, 6) is -0.214. The van der Waals surface area contributed by atoms with Gasteiger partial charge in [-0.2, -0.15) is 0 Å². The predicted molar refractivity (Wildman–Crippen MR) is 70.0 cm³/mol. The van der Waals surface area contributed by atoms with E-state index in [0.717, 1.165) is 31.3 Å².